The maximum absolute atomic E-state index is 12.8. The molecule has 1 N–H and O–H groups in total. The third kappa shape index (κ3) is 3.40. The Hall–Kier alpha value is -3.08. The van der Waals surface area contributed by atoms with E-state index in [9.17, 15) is 9.59 Å². The highest BCUT2D eigenvalue weighted by molar-refractivity contribution is 6.36. The van der Waals surface area contributed by atoms with Crippen LogP contribution in [0.2, 0.25) is 0 Å². The summed E-state index contributed by atoms with van der Waals surface area (Å²) in [5.74, 6) is -0.516. The first kappa shape index (κ1) is 18.3. The average Bonchev–Trinajstić information content (AvgIpc) is 2.99. The van der Waals surface area contributed by atoms with Crippen molar-refractivity contribution < 1.29 is 9.59 Å². The minimum atomic E-state index is -0.272. The van der Waals surface area contributed by atoms with E-state index in [0.717, 1.165) is 24.3 Å². The third-order valence-corrected chi connectivity index (χ3v) is 5.40. The van der Waals surface area contributed by atoms with Gasteiger partial charge < -0.3 is 10.2 Å². The Labute approximate surface area is 165 Å². The second-order valence-electron chi connectivity index (χ2n) is 7.19. The van der Waals surface area contributed by atoms with Crippen LogP contribution in [0.5, 0.6) is 0 Å². The smallest absolute Gasteiger partial charge is 0.278 e. The molecule has 2 aromatic carbocycles. The van der Waals surface area contributed by atoms with E-state index < -0.39 is 0 Å². The normalized spacial score (nSPS) is 17.5. The van der Waals surface area contributed by atoms with Gasteiger partial charge in [-0.25, -0.2) is 0 Å². The molecule has 144 valence electrons. The van der Waals surface area contributed by atoms with Gasteiger partial charge in [0.15, 0.2) is 0 Å². The molecule has 0 saturated carbocycles. The molecule has 28 heavy (non-hydrogen) atoms. The highest BCUT2D eigenvalue weighted by atomic mass is 16.2. The molecule has 2 aliphatic heterocycles. The number of anilines is 2. The Morgan fingerprint density at radius 1 is 0.857 bits per heavy atom. The number of nitrogens with one attached hydrogen (secondary N) is 1. The van der Waals surface area contributed by atoms with Gasteiger partial charge in [0, 0.05) is 31.0 Å². The van der Waals surface area contributed by atoms with Crippen molar-refractivity contribution in [3.8, 4) is 0 Å². The van der Waals surface area contributed by atoms with E-state index >= 15 is 0 Å². The number of amides is 2. The maximum Gasteiger partial charge on any atom is 0.278 e. The van der Waals surface area contributed by atoms with Crippen LogP contribution >= 0.6 is 0 Å². The van der Waals surface area contributed by atoms with E-state index in [1.807, 2.05) is 49.4 Å². The van der Waals surface area contributed by atoms with Crippen LogP contribution in [0.4, 0.5) is 11.4 Å². The molecule has 2 heterocycles. The summed E-state index contributed by atoms with van der Waals surface area (Å²) in [4.78, 5) is 29.3. The predicted molar refractivity (Wildman–Crippen MR) is 112 cm³/mol. The standard InChI is InChI=1S/C23H25N3O2/c1-2-26-22(27)20(17-9-5-3-6-10-17)21(23(26)28)24-18-11-13-19(14-12-18)25-15-7-4-8-16-25/h3,5-6,9-14,24H,2,4,7-8,15-16H2,1H3. The van der Waals surface area contributed by atoms with Crippen LogP contribution in [0.3, 0.4) is 0 Å². The van der Waals surface area contributed by atoms with Crippen molar-refractivity contribution in [3.63, 3.8) is 0 Å². The van der Waals surface area contributed by atoms with Crippen molar-refractivity contribution in [1.29, 1.82) is 0 Å². The van der Waals surface area contributed by atoms with Crippen molar-refractivity contribution >= 4 is 28.8 Å². The van der Waals surface area contributed by atoms with Crippen LogP contribution in [-0.4, -0.2) is 36.3 Å². The van der Waals surface area contributed by atoms with E-state index in [2.05, 4.69) is 22.3 Å². The summed E-state index contributed by atoms with van der Waals surface area (Å²) in [7, 11) is 0. The number of nitrogens with zero attached hydrogens (tertiary/aromatic N) is 2. The van der Waals surface area contributed by atoms with E-state index in [1.165, 1.54) is 29.8 Å². The number of benzene rings is 2. The Kier molecular flexibility index (Phi) is 5.15. The summed E-state index contributed by atoms with van der Waals surface area (Å²) in [5.41, 5.74) is 3.55. The molecule has 4 rings (SSSR count). The maximum atomic E-state index is 12.8. The molecule has 0 atom stereocenters. The zero-order valence-electron chi connectivity index (χ0n) is 16.1. The quantitative estimate of drug-likeness (QED) is 0.806. The molecule has 5 heteroatoms. The Morgan fingerprint density at radius 3 is 2.18 bits per heavy atom. The Balaban J connectivity index is 1.63. The summed E-state index contributed by atoms with van der Waals surface area (Å²) in [6.45, 7) is 4.35. The molecule has 2 aromatic rings. The molecule has 0 aliphatic carbocycles. The first-order valence-corrected chi connectivity index (χ1v) is 9.97. The largest absolute Gasteiger partial charge is 0.372 e. The van der Waals surface area contributed by atoms with Crippen molar-refractivity contribution in [1.82, 2.24) is 4.90 Å². The van der Waals surface area contributed by atoms with E-state index in [4.69, 9.17) is 0 Å². The molecule has 2 aliphatic rings. The Morgan fingerprint density at radius 2 is 1.54 bits per heavy atom. The van der Waals surface area contributed by atoms with Crippen molar-refractivity contribution in [2.24, 2.45) is 0 Å². The second-order valence-corrected chi connectivity index (χ2v) is 7.19. The molecule has 2 amide bonds. The van der Waals surface area contributed by atoms with Crippen LogP contribution in [0, 0.1) is 0 Å². The molecule has 0 aromatic heterocycles. The van der Waals surface area contributed by atoms with Crippen LogP contribution < -0.4 is 10.2 Å². The second kappa shape index (κ2) is 7.89. The average molecular weight is 375 g/mol. The van der Waals surface area contributed by atoms with E-state index in [0.29, 0.717) is 17.8 Å². The lowest BCUT2D eigenvalue weighted by atomic mass is 10.0. The van der Waals surface area contributed by atoms with Gasteiger partial charge in [-0.15, -0.1) is 0 Å². The predicted octanol–water partition coefficient (Wildman–Crippen LogP) is 3.89. The number of carbonyl (C=O) groups is 2. The summed E-state index contributed by atoms with van der Waals surface area (Å²) >= 11 is 0. The van der Waals surface area contributed by atoms with Gasteiger partial charge in [-0.05, 0) is 56.0 Å². The molecule has 1 saturated heterocycles. The fourth-order valence-corrected chi connectivity index (χ4v) is 3.90. The number of carbonyl (C=O) groups excluding carboxylic acids is 2. The monoisotopic (exact) mass is 375 g/mol. The van der Waals surface area contributed by atoms with Gasteiger partial charge in [0.25, 0.3) is 11.8 Å². The number of hydrogen-bond acceptors (Lipinski definition) is 4. The molecule has 5 nitrogen and oxygen atoms in total. The highest BCUT2D eigenvalue weighted by Gasteiger charge is 2.38. The number of rotatable bonds is 5. The summed E-state index contributed by atoms with van der Waals surface area (Å²) in [6, 6.07) is 17.5. The fraction of sp³-hybridized carbons (Fsp3) is 0.304. The summed E-state index contributed by atoms with van der Waals surface area (Å²) in [5, 5.41) is 3.21. The summed E-state index contributed by atoms with van der Waals surface area (Å²) < 4.78 is 0. The van der Waals surface area contributed by atoms with Crippen molar-refractivity contribution in [3.05, 3.63) is 65.9 Å². The lowest BCUT2D eigenvalue weighted by Crippen LogP contribution is -2.32. The molecule has 0 unspecified atom stereocenters. The lowest BCUT2D eigenvalue weighted by molar-refractivity contribution is -0.136. The molecular weight excluding hydrogens is 350 g/mol. The Bertz CT molecular complexity index is 897. The van der Waals surface area contributed by atoms with Gasteiger partial charge in [0.1, 0.15) is 5.70 Å². The number of piperidine rings is 1. The van der Waals surface area contributed by atoms with Gasteiger partial charge in [-0.3, -0.25) is 14.5 Å². The van der Waals surface area contributed by atoms with Gasteiger partial charge in [0.2, 0.25) is 0 Å². The highest BCUT2D eigenvalue weighted by Crippen LogP contribution is 2.31. The van der Waals surface area contributed by atoms with Crippen LogP contribution in [0.25, 0.3) is 5.57 Å². The zero-order chi connectivity index (χ0) is 19.5. The zero-order valence-corrected chi connectivity index (χ0v) is 16.1. The topological polar surface area (TPSA) is 52.7 Å². The molecule has 0 radical (unpaired) electrons. The number of likely N-dealkylation sites (N-methyl/N-ethyl adjacent to an activating group) is 1. The van der Waals surface area contributed by atoms with Crippen molar-refractivity contribution in [2.45, 2.75) is 26.2 Å². The first-order chi connectivity index (χ1) is 13.7. The van der Waals surface area contributed by atoms with Crippen molar-refractivity contribution in [2.75, 3.05) is 29.9 Å². The minimum Gasteiger partial charge on any atom is -0.372 e. The SMILES string of the molecule is CCN1C(=O)C(Nc2ccc(N3CCCCC3)cc2)=C(c2ccccc2)C1=O. The number of hydrogen-bond donors (Lipinski definition) is 1. The molecule has 0 bridgehead atoms. The van der Waals surface area contributed by atoms with Gasteiger partial charge >= 0.3 is 0 Å². The van der Waals surface area contributed by atoms with E-state index in [-0.39, 0.29) is 11.8 Å². The first-order valence-electron chi connectivity index (χ1n) is 9.97. The van der Waals surface area contributed by atoms with Crippen LogP contribution in [-0.2, 0) is 9.59 Å². The van der Waals surface area contributed by atoms with Crippen LogP contribution in [0.15, 0.2) is 60.3 Å². The third-order valence-electron chi connectivity index (χ3n) is 5.40. The number of imide groups is 1. The van der Waals surface area contributed by atoms with Gasteiger partial charge in [-0.1, -0.05) is 30.3 Å². The van der Waals surface area contributed by atoms with Crippen LogP contribution in [0.1, 0.15) is 31.7 Å². The molecular formula is C23H25N3O2. The molecule has 1 fully saturated rings. The lowest BCUT2D eigenvalue weighted by Gasteiger charge is -2.28. The minimum absolute atomic E-state index is 0.244. The summed E-state index contributed by atoms with van der Waals surface area (Å²) in [6.07, 6.45) is 3.77. The fourth-order valence-electron chi connectivity index (χ4n) is 3.90. The molecule has 0 spiro atoms. The van der Waals surface area contributed by atoms with E-state index in [1.54, 1.807) is 0 Å². The van der Waals surface area contributed by atoms with Gasteiger partial charge in [0.05, 0.1) is 5.57 Å². The van der Waals surface area contributed by atoms with Gasteiger partial charge in [-0.2, -0.15) is 0 Å².